The number of hydrogen-bond acceptors (Lipinski definition) is 5. The van der Waals surface area contributed by atoms with Gasteiger partial charge in [-0.2, -0.15) is 0 Å². The fourth-order valence-electron chi connectivity index (χ4n) is 3.97. The van der Waals surface area contributed by atoms with E-state index < -0.39 is 0 Å². The zero-order chi connectivity index (χ0) is 21.6. The predicted molar refractivity (Wildman–Crippen MR) is 122 cm³/mol. The van der Waals surface area contributed by atoms with Crippen LogP contribution in [0.1, 0.15) is 29.0 Å². The smallest absolute Gasteiger partial charge is 0.273 e. The molecule has 0 spiro atoms. The van der Waals surface area contributed by atoms with Gasteiger partial charge in [0.25, 0.3) is 5.91 Å². The number of aromatic nitrogens is 1. The number of nitrogens with zero attached hydrogens (tertiary/aromatic N) is 3. The van der Waals surface area contributed by atoms with E-state index in [-0.39, 0.29) is 17.6 Å². The summed E-state index contributed by atoms with van der Waals surface area (Å²) in [5.41, 5.74) is 2.18. The Morgan fingerprint density at radius 3 is 2.52 bits per heavy atom. The quantitative estimate of drug-likeness (QED) is 0.601. The zero-order valence-corrected chi connectivity index (χ0v) is 18.4. The Labute approximate surface area is 187 Å². The Bertz CT molecular complexity index is 1000. The van der Waals surface area contributed by atoms with E-state index in [0.717, 1.165) is 43.9 Å². The average molecular weight is 439 g/mol. The second kappa shape index (κ2) is 10.1. The Balaban J connectivity index is 1.47. The van der Waals surface area contributed by atoms with E-state index >= 15 is 0 Å². The first-order valence-electron chi connectivity index (χ1n) is 10.7. The number of carbonyl (C=O) groups excluding carboxylic acids is 1. The van der Waals surface area contributed by atoms with Crippen LogP contribution in [0.4, 0.5) is 0 Å². The molecule has 1 N–H and O–H groups in total. The van der Waals surface area contributed by atoms with Gasteiger partial charge < -0.3 is 14.7 Å². The molecule has 162 valence electrons. The average Bonchev–Trinajstić information content (AvgIpc) is 3.32. The van der Waals surface area contributed by atoms with E-state index in [0.29, 0.717) is 17.3 Å². The summed E-state index contributed by atoms with van der Waals surface area (Å²) in [6.07, 6.45) is 0. The molecule has 4 rings (SSSR count). The van der Waals surface area contributed by atoms with Gasteiger partial charge in [0.05, 0.1) is 6.04 Å². The summed E-state index contributed by atoms with van der Waals surface area (Å²) < 4.78 is 5.37. The van der Waals surface area contributed by atoms with Gasteiger partial charge in [0.1, 0.15) is 0 Å². The van der Waals surface area contributed by atoms with Gasteiger partial charge in [0.2, 0.25) is 0 Å². The maximum atomic E-state index is 12.8. The molecule has 3 aromatic rings. The van der Waals surface area contributed by atoms with Crippen molar-refractivity contribution in [1.82, 2.24) is 20.3 Å². The highest BCUT2D eigenvalue weighted by Crippen LogP contribution is 2.28. The normalized spacial score (nSPS) is 16.2. The minimum absolute atomic E-state index is 0.00264. The lowest BCUT2D eigenvalue weighted by molar-refractivity contribution is 0.0849. The molecule has 1 saturated heterocycles. The number of benzene rings is 2. The van der Waals surface area contributed by atoms with Crippen molar-refractivity contribution >= 4 is 17.5 Å². The Kier molecular flexibility index (Phi) is 7.02. The second-order valence-corrected chi connectivity index (χ2v) is 8.07. The van der Waals surface area contributed by atoms with Crippen LogP contribution in [0, 0.1) is 0 Å². The van der Waals surface area contributed by atoms with Crippen LogP contribution in [0.5, 0.6) is 0 Å². The fraction of sp³-hybridized carbons (Fsp3) is 0.333. The van der Waals surface area contributed by atoms with Crippen molar-refractivity contribution in [3.8, 4) is 11.3 Å². The first-order chi connectivity index (χ1) is 15.2. The molecule has 1 fully saturated rings. The van der Waals surface area contributed by atoms with Gasteiger partial charge in [-0.15, -0.1) is 0 Å². The van der Waals surface area contributed by atoms with E-state index in [1.165, 1.54) is 0 Å². The Morgan fingerprint density at radius 1 is 1.10 bits per heavy atom. The van der Waals surface area contributed by atoms with Crippen LogP contribution in [0.2, 0.25) is 5.02 Å². The summed E-state index contributed by atoms with van der Waals surface area (Å²) in [5, 5.41) is 7.71. The molecule has 0 bridgehead atoms. The highest BCUT2D eigenvalue weighted by atomic mass is 35.5. The van der Waals surface area contributed by atoms with E-state index in [1.54, 1.807) is 6.07 Å². The molecule has 2 heterocycles. The molecule has 1 amide bonds. The van der Waals surface area contributed by atoms with Crippen molar-refractivity contribution in [3.05, 3.63) is 76.9 Å². The van der Waals surface area contributed by atoms with Gasteiger partial charge >= 0.3 is 0 Å². The van der Waals surface area contributed by atoms with Gasteiger partial charge in [-0.25, -0.2) is 0 Å². The van der Waals surface area contributed by atoms with E-state index in [2.05, 4.69) is 27.2 Å². The third-order valence-corrected chi connectivity index (χ3v) is 6.16. The molecule has 0 radical (unpaired) electrons. The van der Waals surface area contributed by atoms with Gasteiger partial charge in [-0.3, -0.25) is 9.69 Å². The maximum Gasteiger partial charge on any atom is 0.273 e. The van der Waals surface area contributed by atoms with Crippen LogP contribution in [-0.2, 0) is 0 Å². The Morgan fingerprint density at radius 2 is 1.81 bits per heavy atom. The van der Waals surface area contributed by atoms with Crippen molar-refractivity contribution in [2.75, 3.05) is 39.3 Å². The number of piperazine rings is 1. The van der Waals surface area contributed by atoms with Crippen molar-refractivity contribution in [1.29, 1.82) is 0 Å². The number of hydrogen-bond donors (Lipinski definition) is 1. The van der Waals surface area contributed by atoms with Gasteiger partial charge in [0, 0.05) is 49.4 Å². The minimum atomic E-state index is -0.254. The number of carbonyl (C=O) groups is 1. The SMILES string of the molecule is CCN1CCN([C@@H](CNC(=O)c2cc(-c3ccccc3)on2)c2ccccc2Cl)CC1. The highest BCUT2D eigenvalue weighted by Gasteiger charge is 2.27. The molecule has 31 heavy (non-hydrogen) atoms. The minimum Gasteiger partial charge on any atom is -0.355 e. The van der Waals surface area contributed by atoms with Crippen molar-refractivity contribution in [2.24, 2.45) is 0 Å². The standard InChI is InChI=1S/C24H27ClN4O2/c1-2-28-12-14-29(15-13-28)22(19-10-6-7-11-20(19)25)17-26-24(30)21-16-23(31-27-21)18-8-4-3-5-9-18/h3-11,16,22H,2,12-15,17H2,1H3,(H,26,30)/t22-/m0/s1. The number of rotatable bonds is 7. The molecule has 0 saturated carbocycles. The van der Waals surface area contributed by atoms with Crippen molar-refractivity contribution in [2.45, 2.75) is 13.0 Å². The molecule has 0 aliphatic carbocycles. The van der Waals surface area contributed by atoms with Gasteiger partial charge in [0.15, 0.2) is 11.5 Å². The summed E-state index contributed by atoms with van der Waals surface area (Å²) in [4.78, 5) is 17.6. The van der Waals surface area contributed by atoms with Crippen molar-refractivity contribution < 1.29 is 9.32 Å². The molecule has 1 aromatic heterocycles. The lowest BCUT2D eigenvalue weighted by Gasteiger charge is -2.39. The summed E-state index contributed by atoms with van der Waals surface area (Å²) in [6, 6.07) is 19.1. The van der Waals surface area contributed by atoms with Crippen LogP contribution in [0.3, 0.4) is 0 Å². The monoisotopic (exact) mass is 438 g/mol. The third-order valence-electron chi connectivity index (χ3n) is 5.82. The topological polar surface area (TPSA) is 61.6 Å². The summed E-state index contributed by atoms with van der Waals surface area (Å²) >= 11 is 6.52. The summed E-state index contributed by atoms with van der Waals surface area (Å²) in [6.45, 7) is 7.57. The first kappa shape index (κ1) is 21.6. The molecule has 2 aromatic carbocycles. The molecular formula is C24H27ClN4O2. The number of nitrogens with one attached hydrogen (secondary N) is 1. The van der Waals surface area contributed by atoms with Crippen LogP contribution >= 0.6 is 11.6 Å². The molecule has 1 aliphatic heterocycles. The Hall–Kier alpha value is -2.67. The number of amides is 1. The predicted octanol–water partition coefficient (Wildman–Crippen LogP) is 4.10. The number of halogens is 1. The highest BCUT2D eigenvalue weighted by molar-refractivity contribution is 6.31. The van der Waals surface area contributed by atoms with Gasteiger partial charge in [-0.05, 0) is 18.2 Å². The lowest BCUT2D eigenvalue weighted by Crippen LogP contribution is -2.49. The zero-order valence-electron chi connectivity index (χ0n) is 17.6. The molecule has 0 unspecified atom stereocenters. The summed E-state index contributed by atoms with van der Waals surface area (Å²) in [5.74, 6) is 0.319. The largest absolute Gasteiger partial charge is 0.355 e. The lowest BCUT2D eigenvalue weighted by atomic mass is 10.0. The number of likely N-dealkylation sites (N-methyl/N-ethyl adjacent to an activating group) is 1. The van der Waals surface area contributed by atoms with Crippen LogP contribution < -0.4 is 5.32 Å². The fourth-order valence-corrected chi connectivity index (χ4v) is 4.23. The third kappa shape index (κ3) is 5.15. The van der Waals surface area contributed by atoms with Crippen LogP contribution in [0.25, 0.3) is 11.3 Å². The van der Waals surface area contributed by atoms with Crippen LogP contribution in [-0.4, -0.2) is 60.1 Å². The van der Waals surface area contributed by atoms with Crippen molar-refractivity contribution in [3.63, 3.8) is 0 Å². The van der Waals surface area contributed by atoms with E-state index in [1.807, 2.05) is 54.6 Å². The van der Waals surface area contributed by atoms with E-state index in [4.69, 9.17) is 16.1 Å². The van der Waals surface area contributed by atoms with E-state index in [9.17, 15) is 4.79 Å². The molecular weight excluding hydrogens is 412 g/mol. The molecule has 1 atom stereocenters. The molecule has 7 heteroatoms. The second-order valence-electron chi connectivity index (χ2n) is 7.66. The molecule has 1 aliphatic rings. The maximum absolute atomic E-state index is 12.8. The summed E-state index contributed by atoms with van der Waals surface area (Å²) in [7, 11) is 0. The van der Waals surface area contributed by atoms with Gasteiger partial charge in [-0.1, -0.05) is 72.2 Å². The first-order valence-corrected chi connectivity index (χ1v) is 11.0. The molecule has 6 nitrogen and oxygen atoms in total. The van der Waals surface area contributed by atoms with Crippen LogP contribution in [0.15, 0.2) is 65.2 Å².